The highest BCUT2D eigenvalue weighted by Crippen LogP contribution is 2.27. The predicted molar refractivity (Wildman–Crippen MR) is 76.6 cm³/mol. The molecule has 3 atom stereocenters. The van der Waals surface area contributed by atoms with E-state index in [-0.39, 0.29) is 24.5 Å². The van der Waals surface area contributed by atoms with Crippen LogP contribution in [0.2, 0.25) is 0 Å². The van der Waals surface area contributed by atoms with E-state index in [9.17, 15) is 9.90 Å². The Morgan fingerprint density at radius 3 is 2.33 bits per heavy atom. The molecule has 0 heterocycles. The lowest BCUT2D eigenvalue weighted by Crippen LogP contribution is -2.33. The van der Waals surface area contributed by atoms with Crippen molar-refractivity contribution in [3.63, 3.8) is 0 Å². The molecule has 0 bridgehead atoms. The molecule has 1 saturated carbocycles. The third kappa shape index (κ3) is 3.65. The highest BCUT2D eigenvalue weighted by Gasteiger charge is 2.33. The van der Waals surface area contributed by atoms with Crippen LogP contribution in [0.3, 0.4) is 0 Å². The van der Waals surface area contributed by atoms with Gasteiger partial charge in [-0.15, -0.1) is 0 Å². The van der Waals surface area contributed by atoms with Gasteiger partial charge < -0.3 is 25.0 Å². The Kier molecular flexibility index (Phi) is 5.03. The molecule has 1 aromatic rings. The monoisotopic (exact) mass is 295 g/mol. The normalized spacial score (nSPS) is 24.7. The average molecular weight is 295 g/mol. The summed E-state index contributed by atoms with van der Waals surface area (Å²) in [6.07, 6.45) is 0.461. The lowest BCUT2D eigenvalue weighted by atomic mass is 10.1. The van der Waals surface area contributed by atoms with Crippen LogP contribution >= 0.6 is 0 Å². The molecule has 0 aromatic heterocycles. The summed E-state index contributed by atoms with van der Waals surface area (Å²) in [6.45, 7) is -0.0689. The van der Waals surface area contributed by atoms with Crippen molar-refractivity contribution in [2.24, 2.45) is 5.92 Å². The second kappa shape index (κ2) is 6.78. The third-order valence-electron chi connectivity index (χ3n) is 3.84. The van der Waals surface area contributed by atoms with Crippen LogP contribution in [0.5, 0.6) is 11.5 Å². The van der Waals surface area contributed by atoms with Crippen LogP contribution in [-0.4, -0.2) is 49.1 Å². The molecule has 2 rings (SSSR count). The van der Waals surface area contributed by atoms with E-state index in [1.807, 2.05) is 0 Å². The maximum absolute atomic E-state index is 12.3. The number of methoxy groups -OCH3 is 2. The number of carbonyl (C=O) groups is 1. The topological polar surface area (TPSA) is 88.0 Å². The summed E-state index contributed by atoms with van der Waals surface area (Å²) in [6, 6.07) is 4.82. The fourth-order valence-corrected chi connectivity index (χ4v) is 2.62. The maximum atomic E-state index is 12.3. The Balaban J connectivity index is 2.07. The Morgan fingerprint density at radius 2 is 1.86 bits per heavy atom. The van der Waals surface area contributed by atoms with Crippen LogP contribution in [0, 0.1) is 5.92 Å². The smallest absolute Gasteiger partial charge is 0.251 e. The van der Waals surface area contributed by atoms with Crippen LogP contribution in [0.15, 0.2) is 18.2 Å². The van der Waals surface area contributed by atoms with E-state index in [2.05, 4.69) is 5.32 Å². The van der Waals surface area contributed by atoms with E-state index < -0.39 is 6.10 Å². The van der Waals surface area contributed by atoms with E-state index >= 15 is 0 Å². The minimum Gasteiger partial charge on any atom is -0.497 e. The molecular weight excluding hydrogens is 274 g/mol. The van der Waals surface area contributed by atoms with Crippen molar-refractivity contribution >= 4 is 5.91 Å². The van der Waals surface area contributed by atoms with Gasteiger partial charge in [0.1, 0.15) is 11.5 Å². The first-order valence-corrected chi connectivity index (χ1v) is 6.90. The van der Waals surface area contributed by atoms with E-state index in [1.54, 1.807) is 18.2 Å². The number of rotatable bonds is 5. The number of hydrogen-bond donors (Lipinski definition) is 3. The van der Waals surface area contributed by atoms with Gasteiger partial charge in [0.15, 0.2) is 0 Å². The van der Waals surface area contributed by atoms with Gasteiger partial charge in [0.2, 0.25) is 0 Å². The molecule has 0 saturated heterocycles. The second-order valence-corrected chi connectivity index (χ2v) is 5.25. The molecule has 1 aromatic carbocycles. The van der Waals surface area contributed by atoms with Gasteiger partial charge in [-0.1, -0.05) is 0 Å². The first kappa shape index (κ1) is 15.6. The number of benzene rings is 1. The number of aliphatic hydroxyl groups is 2. The van der Waals surface area contributed by atoms with E-state index in [1.165, 1.54) is 14.2 Å². The lowest BCUT2D eigenvalue weighted by molar-refractivity contribution is 0.0903. The van der Waals surface area contributed by atoms with Crippen molar-refractivity contribution in [1.82, 2.24) is 5.32 Å². The van der Waals surface area contributed by atoms with Crippen molar-refractivity contribution in [3.8, 4) is 11.5 Å². The molecule has 1 aliphatic rings. The summed E-state index contributed by atoms with van der Waals surface area (Å²) < 4.78 is 10.3. The lowest BCUT2D eigenvalue weighted by Gasteiger charge is -2.14. The van der Waals surface area contributed by atoms with Crippen molar-refractivity contribution in [2.75, 3.05) is 20.8 Å². The van der Waals surface area contributed by atoms with E-state index in [4.69, 9.17) is 14.6 Å². The van der Waals surface area contributed by atoms with Crippen LogP contribution in [0.25, 0.3) is 0 Å². The third-order valence-corrected chi connectivity index (χ3v) is 3.84. The highest BCUT2D eigenvalue weighted by atomic mass is 16.5. The summed E-state index contributed by atoms with van der Waals surface area (Å²) in [5.41, 5.74) is 0.438. The van der Waals surface area contributed by atoms with Crippen LogP contribution < -0.4 is 14.8 Å². The Hall–Kier alpha value is -1.79. The fourth-order valence-electron chi connectivity index (χ4n) is 2.62. The Labute approximate surface area is 123 Å². The molecule has 21 heavy (non-hydrogen) atoms. The van der Waals surface area contributed by atoms with Gasteiger partial charge in [-0.2, -0.15) is 0 Å². The molecule has 1 amide bonds. The number of nitrogens with one attached hydrogen (secondary N) is 1. The quantitative estimate of drug-likeness (QED) is 0.739. The molecular formula is C15H21NO5. The summed E-state index contributed by atoms with van der Waals surface area (Å²) in [5, 5.41) is 21.8. The summed E-state index contributed by atoms with van der Waals surface area (Å²) in [7, 11) is 3.05. The van der Waals surface area contributed by atoms with Crippen molar-refractivity contribution in [3.05, 3.63) is 23.8 Å². The number of ether oxygens (including phenoxy) is 2. The number of carbonyl (C=O) groups excluding carboxylic acids is 1. The van der Waals surface area contributed by atoms with Gasteiger partial charge in [0.25, 0.3) is 5.91 Å². The summed E-state index contributed by atoms with van der Waals surface area (Å²) in [5.74, 6) is 0.663. The zero-order valence-corrected chi connectivity index (χ0v) is 12.2. The van der Waals surface area contributed by atoms with Crippen molar-refractivity contribution < 1.29 is 24.5 Å². The second-order valence-electron chi connectivity index (χ2n) is 5.25. The molecule has 0 spiro atoms. The van der Waals surface area contributed by atoms with Crippen LogP contribution in [-0.2, 0) is 0 Å². The van der Waals surface area contributed by atoms with Gasteiger partial charge >= 0.3 is 0 Å². The molecule has 0 unspecified atom stereocenters. The maximum Gasteiger partial charge on any atom is 0.251 e. The number of amides is 1. The number of aliphatic hydroxyl groups excluding tert-OH is 2. The molecule has 1 fully saturated rings. The van der Waals surface area contributed by atoms with E-state index in [0.29, 0.717) is 29.9 Å². The molecule has 6 heteroatoms. The SMILES string of the molecule is COc1cc(OC)cc(C(=O)N[C@H]2C[C@@H](CO)[C@H](O)C2)c1. The Morgan fingerprint density at radius 1 is 1.24 bits per heavy atom. The molecule has 116 valence electrons. The first-order chi connectivity index (χ1) is 10.1. The average Bonchev–Trinajstić information content (AvgIpc) is 2.86. The predicted octanol–water partition coefficient (Wildman–Crippen LogP) is 0.565. The first-order valence-electron chi connectivity index (χ1n) is 6.90. The zero-order chi connectivity index (χ0) is 15.4. The minimum absolute atomic E-state index is 0.0689. The van der Waals surface area contributed by atoms with Crippen LogP contribution in [0.4, 0.5) is 0 Å². The van der Waals surface area contributed by atoms with Crippen LogP contribution in [0.1, 0.15) is 23.2 Å². The van der Waals surface area contributed by atoms with Gasteiger partial charge in [0.05, 0.1) is 20.3 Å². The standard InChI is InChI=1S/C15H21NO5/c1-20-12-4-9(5-13(7-12)21-2)15(19)16-11-3-10(8-17)14(18)6-11/h4-5,7,10-11,14,17-18H,3,6,8H2,1-2H3,(H,16,19)/t10-,11-,14+/m0/s1. The molecule has 6 nitrogen and oxygen atoms in total. The van der Waals surface area contributed by atoms with Gasteiger partial charge in [0, 0.05) is 30.2 Å². The van der Waals surface area contributed by atoms with Gasteiger partial charge in [-0.05, 0) is 25.0 Å². The van der Waals surface area contributed by atoms with Crippen molar-refractivity contribution in [2.45, 2.75) is 25.0 Å². The molecule has 3 N–H and O–H groups in total. The number of hydrogen-bond acceptors (Lipinski definition) is 5. The summed E-state index contributed by atoms with van der Waals surface area (Å²) in [4.78, 5) is 12.3. The minimum atomic E-state index is -0.569. The van der Waals surface area contributed by atoms with Gasteiger partial charge in [-0.3, -0.25) is 4.79 Å². The summed E-state index contributed by atoms with van der Waals surface area (Å²) >= 11 is 0. The molecule has 0 aliphatic heterocycles. The highest BCUT2D eigenvalue weighted by molar-refractivity contribution is 5.95. The zero-order valence-electron chi connectivity index (χ0n) is 12.2. The molecule has 0 radical (unpaired) electrons. The van der Waals surface area contributed by atoms with E-state index in [0.717, 1.165) is 0 Å². The molecule has 1 aliphatic carbocycles. The van der Waals surface area contributed by atoms with Crippen molar-refractivity contribution in [1.29, 1.82) is 0 Å². The Bertz CT molecular complexity index is 483. The fraction of sp³-hybridized carbons (Fsp3) is 0.533. The van der Waals surface area contributed by atoms with Gasteiger partial charge in [-0.25, -0.2) is 0 Å². The largest absolute Gasteiger partial charge is 0.497 e.